The number of hydrogen-bond donors (Lipinski definition) is 2. The van der Waals surface area contributed by atoms with Gasteiger partial charge in [0.2, 0.25) is 0 Å². The van der Waals surface area contributed by atoms with Crippen molar-refractivity contribution in [2.75, 3.05) is 0 Å². The summed E-state index contributed by atoms with van der Waals surface area (Å²) in [6.07, 6.45) is 2.81. The Morgan fingerprint density at radius 1 is 1.32 bits per heavy atom. The van der Waals surface area contributed by atoms with Crippen LogP contribution in [0, 0.1) is 0 Å². The van der Waals surface area contributed by atoms with Crippen LogP contribution >= 0.6 is 0 Å². The molecule has 0 amide bonds. The summed E-state index contributed by atoms with van der Waals surface area (Å²) in [5.74, 6) is -1.08. The van der Waals surface area contributed by atoms with Crippen LogP contribution < -0.4 is 5.32 Å². The molecule has 1 aromatic rings. The van der Waals surface area contributed by atoms with Crippen LogP contribution in [-0.4, -0.2) is 28.9 Å². The standard InChI is InChI=1S/C15H19NO3/c1-2-10-3-5-11(6-4-10)15(19)13(9-14(17)18)16-12-7-8-12/h3-6,12-13,16H,2,7-9H2,1H3,(H,17,18). The fourth-order valence-electron chi connectivity index (χ4n) is 2.04. The van der Waals surface area contributed by atoms with Crippen LogP contribution in [0.4, 0.5) is 0 Å². The molecular formula is C15H19NO3. The zero-order valence-electron chi connectivity index (χ0n) is 11.1. The van der Waals surface area contributed by atoms with Crippen molar-refractivity contribution in [3.63, 3.8) is 0 Å². The Labute approximate surface area is 112 Å². The highest BCUT2D eigenvalue weighted by atomic mass is 16.4. The number of aliphatic carboxylic acids is 1. The average molecular weight is 261 g/mol. The number of carboxylic acid groups (broad SMARTS) is 1. The zero-order chi connectivity index (χ0) is 13.8. The van der Waals surface area contributed by atoms with E-state index in [1.54, 1.807) is 12.1 Å². The maximum absolute atomic E-state index is 12.3. The summed E-state index contributed by atoms with van der Waals surface area (Å²) < 4.78 is 0. The second-order valence-electron chi connectivity index (χ2n) is 5.01. The van der Waals surface area contributed by atoms with Gasteiger partial charge in [0.15, 0.2) is 5.78 Å². The van der Waals surface area contributed by atoms with Gasteiger partial charge in [-0.3, -0.25) is 9.59 Å². The molecule has 2 N–H and O–H groups in total. The molecule has 0 aromatic heterocycles. The van der Waals surface area contributed by atoms with E-state index in [9.17, 15) is 9.59 Å². The van der Waals surface area contributed by atoms with E-state index in [0.717, 1.165) is 19.3 Å². The fourth-order valence-corrected chi connectivity index (χ4v) is 2.04. The number of carbonyl (C=O) groups is 2. The summed E-state index contributed by atoms with van der Waals surface area (Å²) in [7, 11) is 0. The van der Waals surface area contributed by atoms with Crippen LogP contribution in [0.5, 0.6) is 0 Å². The van der Waals surface area contributed by atoms with Crippen molar-refractivity contribution in [2.24, 2.45) is 0 Å². The van der Waals surface area contributed by atoms with Gasteiger partial charge in [-0.25, -0.2) is 0 Å². The SMILES string of the molecule is CCc1ccc(C(=O)C(CC(=O)O)NC2CC2)cc1. The largest absolute Gasteiger partial charge is 0.481 e. The lowest BCUT2D eigenvalue weighted by Gasteiger charge is -2.15. The smallest absolute Gasteiger partial charge is 0.305 e. The normalized spacial score (nSPS) is 16.1. The number of Topliss-reactive ketones (excluding diaryl/α,β-unsaturated/α-hetero) is 1. The molecule has 1 aliphatic carbocycles. The predicted octanol–water partition coefficient (Wildman–Crippen LogP) is 2.03. The quantitative estimate of drug-likeness (QED) is 0.737. The number of rotatable bonds is 7. The fraction of sp³-hybridized carbons (Fsp3) is 0.467. The number of aryl methyl sites for hydroxylation is 1. The van der Waals surface area contributed by atoms with Crippen molar-refractivity contribution >= 4 is 11.8 Å². The minimum Gasteiger partial charge on any atom is -0.481 e. The first-order valence-corrected chi connectivity index (χ1v) is 6.71. The highest BCUT2D eigenvalue weighted by Crippen LogP contribution is 2.21. The maximum atomic E-state index is 12.3. The van der Waals surface area contributed by atoms with Gasteiger partial charge >= 0.3 is 5.97 Å². The molecule has 2 rings (SSSR count). The van der Waals surface area contributed by atoms with E-state index < -0.39 is 12.0 Å². The molecule has 19 heavy (non-hydrogen) atoms. The third-order valence-corrected chi connectivity index (χ3v) is 3.36. The van der Waals surface area contributed by atoms with Crippen LogP contribution in [-0.2, 0) is 11.2 Å². The summed E-state index contributed by atoms with van der Waals surface area (Å²) >= 11 is 0. The summed E-state index contributed by atoms with van der Waals surface area (Å²) in [5, 5.41) is 12.0. The Kier molecular flexibility index (Phi) is 4.32. The van der Waals surface area contributed by atoms with Crippen LogP contribution in [0.3, 0.4) is 0 Å². The number of benzene rings is 1. The minimum atomic E-state index is -0.948. The van der Waals surface area contributed by atoms with Crippen LogP contribution in [0.2, 0.25) is 0 Å². The van der Waals surface area contributed by atoms with Crippen molar-refractivity contribution in [2.45, 2.75) is 44.7 Å². The maximum Gasteiger partial charge on any atom is 0.305 e. The molecule has 0 saturated heterocycles. The molecule has 1 saturated carbocycles. The van der Waals surface area contributed by atoms with Crippen molar-refractivity contribution in [1.82, 2.24) is 5.32 Å². The first-order chi connectivity index (χ1) is 9.10. The van der Waals surface area contributed by atoms with Crippen molar-refractivity contribution in [3.8, 4) is 0 Å². The Hall–Kier alpha value is -1.68. The van der Waals surface area contributed by atoms with Gasteiger partial charge in [0.1, 0.15) is 0 Å². The molecule has 1 aromatic carbocycles. The van der Waals surface area contributed by atoms with E-state index in [4.69, 9.17) is 5.11 Å². The molecular weight excluding hydrogens is 242 g/mol. The van der Waals surface area contributed by atoms with Gasteiger partial charge in [-0.2, -0.15) is 0 Å². The van der Waals surface area contributed by atoms with Crippen LogP contribution in [0.25, 0.3) is 0 Å². The van der Waals surface area contributed by atoms with Gasteiger partial charge in [0.25, 0.3) is 0 Å². The number of hydrogen-bond acceptors (Lipinski definition) is 3. The summed E-state index contributed by atoms with van der Waals surface area (Å²) in [6.45, 7) is 2.05. The molecule has 1 atom stereocenters. The molecule has 4 heteroatoms. The number of nitrogens with one attached hydrogen (secondary N) is 1. The molecule has 4 nitrogen and oxygen atoms in total. The third-order valence-electron chi connectivity index (χ3n) is 3.36. The lowest BCUT2D eigenvalue weighted by molar-refractivity contribution is -0.137. The monoisotopic (exact) mass is 261 g/mol. The Balaban J connectivity index is 2.09. The molecule has 0 aliphatic heterocycles. The van der Waals surface area contributed by atoms with Gasteiger partial charge in [-0.1, -0.05) is 31.2 Å². The second kappa shape index (κ2) is 5.97. The molecule has 1 unspecified atom stereocenters. The molecule has 0 bridgehead atoms. The van der Waals surface area contributed by atoms with E-state index in [2.05, 4.69) is 12.2 Å². The Bertz CT molecular complexity index is 463. The average Bonchev–Trinajstić information content (AvgIpc) is 3.21. The van der Waals surface area contributed by atoms with E-state index in [1.165, 1.54) is 5.56 Å². The van der Waals surface area contributed by atoms with E-state index in [1.807, 2.05) is 12.1 Å². The zero-order valence-corrected chi connectivity index (χ0v) is 11.1. The predicted molar refractivity (Wildman–Crippen MR) is 72.3 cm³/mol. The molecule has 1 aliphatic rings. The third kappa shape index (κ3) is 3.89. The first-order valence-electron chi connectivity index (χ1n) is 6.71. The highest BCUT2D eigenvalue weighted by Gasteiger charge is 2.30. The van der Waals surface area contributed by atoms with Crippen molar-refractivity contribution in [3.05, 3.63) is 35.4 Å². The topological polar surface area (TPSA) is 66.4 Å². The van der Waals surface area contributed by atoms with Gasteiger partial charge < -0.3 is 10.4 Å². The number of ketones is 1. The second-order valence-corrected chi connectivity index (χ2v) is 5.01. The van der Waals surface area contributed by atoms with E-state index in [-0.39, 0.29) is 12.2 Å². The van der Waals surface area contributed by atoms with Crippen LogP contribution in [0.15, 0.2) is 24.3 Å². The first kappa shape index (κ1) is 13.7. The Morgan fingerprint density at radius 2 is 1.95 bits per heavy atom. The van der Waals surface area contributed by atoms with Crippen molar-refractivity contribution < 1.29 is 14.7 Å². The number of carbonyl (C=O) groups excluding carboxylic acids is 1. The number of carboxylic acids is 1. The molecule has 102 valence electrons. The van der Waals surface area contributed by atoms with E-state index >= 15 is 0 Å². The molecule has 0 heterocycles. The van der Waals surface area contributed by atoms with E-state index in [0.29, 0.717) is 11.6 Å². The van der Waals surface area contributed by atoms with Gasteiger partial charge in [0.05, 0.1) is 12.5 Å². The van der Waals surface area contributed by atoms with Gasteiger partial charge in [-0.15, -0.1) is 0 Å². The molecule has 0 spiro atoms. The summed E-state index contributed by atoms with van der Waals surface area (Å²) in [5.41, 5.74) is 1.75. The Morgan fingerprint density at radius 3 is 2.42 bits per heavy atom. The molecule has 1 fully saturated rings. The highest BCUT2D eigenvalue weighted by molar-refractivity contribution is 6.01. The van der Waals surface area contributed by atoms with Crippen LogP contribution in [0.1, 0.15) is 42.1 Å². The molecule has 0 radical (unpaired) electrons. The summed E-state index contributed by atoms with van der Waals surface area (Å²) in [6, 6.07) is 7.10. The van der Waals surface area contributed by atoms with Gasteiger partial charge in [-0.05, 0) is 24.8 Å². The lowest BCUT2D eigenvalue weighted by Crippen LogP contribution is -2.40. The lowest BCUT2D eigenvalue weighted by atomic mass is 10.00. The van der Waals surface area contributed by atoms with Gasteiger partial charge in [0, 0.05) is 11.6 Å². The summed E-state index contributed by atoms with van der Waals surface area (Å²) in [4.78, 5) is 23.2. The van der Waals surface area contributed by atoms with Crippen molar-refractivity contribution in [1.29, 1.82) is 0 Å². The minimum absolute atomic E-state index is 0.128.